The van der Waals surface area contributed by atoms with Crippen LogP contribution in [0.15, 0.2) is 30.3 Å². The van der Waals surface area contributed by atoms with Crippen LogP contribution in [0.4, 0.5) is 0 Å². The highest BCUT2D eigenvalue weighted by Crippen LogP contribution is 2.09. The van der Waals surface area contributed by atoms with Crippen molar-refractivity contribution in [3.63, 3.8) is 0 Å². The maximum Gasteiger partial charge on any atom is 0.212 e. The third kappa shape index (κ3) is 6.71. The van der Waals surface area contributed by atoms with Gasteiger partial charge < -0.3 is 0 Å². The molecule has 1 aromatic carbocycles. The van der Waals surface area contributed by atoms with Gasteiger partial charge in [-0.15, -0.1) is 0 Å². The molecule has 0 atom stereocenters. The first-order chi connectivity index (χ1) is 7.99. The molecule has 1 rings (SSSR count). The van der Waals surface area contributed by atoms with Crippen LogP contribution < -0.4 is 4.72 Å². The summed E-state index contributed by atoms with van der Waals surface area (Å²) in [6.45, 7) is 4.50. The highest BCUT2D eigenvalue weighted by molar-refractivity contribution is 8.01. The summed E-state index contributed by atoms with van der Waals surface area (Å²) in [5.74, 6) is 0.824. The summed E-state index contributed by atoms with van der Waals surface area (Å²) in [4.78, 5) is 0. The average molecular weight is 273 g/mol. The summed E-state index contributed by atoms with van der Waals surface area (Å²) in [6, 6.07) is 9.53. The van der Waals surface area contributed by atoms with Crippen LogP contribution >= 0.6 is 11.8 Å². The Hall–Kier alpha value is -0.520. The second-order valence-corrected chi connectivity index (χ2v) is 7.66. The van der Waals surface area contributed by atoms with E-state index in [-0.39, 0.29) is 5.75 Å². The fourth-order valence-corrected chi connectivity index (χ4v) is 3.52. The Morgan fingerprint density at radius 2 is 1.88 bits per heavy atom. The van der Waals surface area contributed by atoms with E-state index < -0.39 is 10.0 Å². The molecule has 0 saturated carbocycles. The Bertz CT molecular complexity index is 415. The molecule has 1 N–H and O–H groups in total. The van der Waals surface area contributed by atoms with Crippen LogP contribution in [-0.2, 0) is 16.6 Å². The first-order valence-electron chi connectivity index (χ1n) is 5.62. The van der Waals surface area contributed by atoms with Gasteiger partial charge in [-0.05, 0) is 10.8 Å². The molecule has 0 fully saturated rings. The molecule has 0 amide bonds. The Labute approximate surface area is 108 Å². The Kier molecular flexibility index (Phi) is 6.02. The molecular formula is C12H19NO2S2. The molecule has 0 unspecified atom stereocenters. The monoisotopic (exact) mass is 273 g/mol. The number of thioether (sulfide) groups is 1. The molecule has 0 radical (unpaired) electrons. The van der Waals surface area contributed by atoms with Crippen molar-refractivity contribution in [1.82, 2.24) is 4.72 Å². The zero-order chi connectivity index (χ0) is 12.7. The van der Waals surface area contributed by atoms with Crippen molar-refractivity contribution in [2.75, 3.05) is 11.5 Å². The average Bonchev–Trinajstić information content (AvgIpc) is 2.27. The number of hydrogen-bond donors (Lipinski definition) is 1. The third-order valence-corrected chi connectivity index (χ3v) is 4.83. The van der Waals surface area contributed by atoms with Crippen LogP contribution in [0.5, 0.6) is 0 Å². The van der Waals surface area contributed by atoms with Crippen LogP contribution in [0.3, 0.4) is 0 Å². The molecule has 0 spiro atoms. The number of rotatable bonds is 7. The summed E-state index contributed by atoms with van der Waals surface area (Å²) in [5.41, 5.74) is 0.979. The van der Waals surface area contributed by atoms with E-state index in [1.807, 2.05) is 30.3 Å². The molecule has 96 valence electrons. The Morgan fingerprint density at radius 1 is 1.24 bits per heavy atom. The molecule has 3 nitrogen and oxygen atoms in total. The number of nitrogens with one attached hydrogen (secondary N) is 1. The van der Waals surface area contributed by atoms with E-state index in [0.29, 0.717) is 17.5 Å². The predicted octanol–water partition coefficient (Wildman–Crippen LogP) is 2.25. The summed E-state index contributed by atoms with van der Waals surface area (Å²) < 4.78 is 25.9. The van der Waals surface area contributed by atoms with Crippen molar-refractivity contribution in [3.05, 3.63) is 35.9 Å². The van der Waals surface area contributed by atoms with E-state index in [1.54, 1.807) is 11.8 Å². The molecule has 0 aliphatic rings. The predicted molar refractivity (Wildman–Crippen MR) is 74.7 cm³/mol. The van der Waals surface area contributed by atoms with Crippen molar-refractivity contribution < 1.29 is 8.42 Å². The smallest absolute Gasteiger partial charge is 0.212 e. The van der Waals surface area contributed by atoms with Gasteiger partial charge in [0.05, 0.1) is 5.75 Å². The first kappa shape index (κ1) is 14.5. The molecule has 0 aliphatic heterocycles. The van der Waals surface area contributed by atoms with Gasteiger partial charge in [0.2, 0.25) is 10.0 Å². The third-order valence-electron chi connectivity index (χ3n) is 2.14. The fourth-order valence-electron chi connectivity index (χ4n) is 1.25. The molecular weight excluding hydrogens is 254 g/mol. The first-order valence-corrected chi connectivity index (χ1v) is 8.32. The largest absolute Gasteiger partial charge is 0.212 e. The highest BCUT2D eigenvalue weighted by atomic mass is 32.2. The number of benzene rings is 1. The van der Waals surface area contributed by atoms with Crippen molar-refractivity contribution in [1.29, 1.82) is 0 Å². The molecule has 0 saturated heterocycles. The van der Waals surface area contributed by atoms with Gasteiger partial charge in [-0.3, -0.25) is 0 Å². The lowest BCUT2D eigenvalue weighted by Crippen LogP contribution is -2.27. The zero-order valence-corrected chi connectivity index (χ0v) is 11.9. The number of hydrogen-bond acceptors (Lipinski definition) is 3. The van der Waals surface area contributed by atoms with Crippen molar-refractivity contribution >= 4 is 21.8 Å². The van der Waals surface area contributed by atoms with Crippen LogP contribution in [-0.4, -0.2) is 25.2 Å². The quantitative estimate of drug-likeness (QED) is 0.829. The van der Waals surface area contributed by atoms with Gasteiger partial charge in [-0.2, -0.15) is 11.8 Å². The van der Waals surface area contributed by atoms with E-state index in [4.69, 9.17) is 0 Å². The van der Waals surface area contributed by atoms with Crippen LogP contribution in [0, 0.1) is 0 Å². The topological polar surface area (TPSA) is 46.2 Å². The lowest BCUT2D eigenvalue weighted by molar-refractivity contribution is 0.583. The SMILES string of the molecule is CC(C)SCCS(=O)(=O)NCc1ccccc1. The van der Waals surface area contributed by atoms with Gasteiger partial charge in [0, 0.05) is 12.3 Å². The molecule has 5 heteroatoms. The minimum atomic E-state index is -3.15. The summed E-state index contributed by atoms with van der Waals surface area (Å²) >= 11 is 1.66. The minimum absolute atomic E-state index is 0.183. The second-order valence-electron chi connectivity index (χ2n) is 4.05. The van der Waals surface area contributed by atoms with E-state index >= 15 is 0 Å². The summed E-state index contributed by atoms with van der Waals surface area (Å²) in [5, 5.41) is 0.472. The van der Waals surface area contributed by atoms with E-state index in [1.165, 1.54) is 0 Å². The van der Waals surface area contributed by atoms with E-state index in [0.717, 1.165) is 5.56 Å². The maximum atomic E-state index is 11.7. The molecule has 0 bridgehead atoms. The standard InChI is InChI=1S/C12H19NO2S2/c1-11(2)16-8-9-17(14,15)13-10-12-6-4-3-5-7-12/h3-7,11,13H,8-10H2,1-2H3. The van der Waals surface area contributed by atoms with Crippen molar-refractivity contribution in [3.8, 4) is 0 Å². The number of sulfonamides is 1. The van der Waals surface area contributed by atoms with Gasteiger partial charge in [-0.1, -0.05) is 44.2 Å². The second kappa shape index (κ2) is 7.03. The van der Waals surface area contributed by atoms with Gasteiger partial charge in [0.15, 0.2) is 0 Å². The Balaban J connectivity index is 2.35. The van der Waals surface area contributed by atoms with E-state index in [9.17, 15) is 8.42 Å². The van der Waals surface area contributed by atoms with Gasteiger partial charge >= 0.3 is 0 Å². The molecule has 0 heterocycles. The minimum Gasteiger partial charge on any atom is -0.212 e. The van der Waals surface area contributed by atoms with Crippen LogP contribution in [0.2, 0.25) is 0 Å². The van der Waals surface area contributed by atoms with Crippen LogP contribution in [0.1, 0.15) is 19.4 Å². The molecule has 1 aromatic rings. The lowest BCUT2D eigenvalue weighted by Gasteiger charge is -2.07. The molecule has 0 aromatic heterocycles. The normalized spacial score (nSPS) is 11.9. The zero-order valence-electron chi connectivity index (χ0n) is 10.2. The maximum absolute atomic E-state index is 11.7. The Morgan fingerprint density at radius 3 is 2.47 bits per heavy atom. The van der Waals surface area contributed by atoms with Gasteiger partial charge in [0.1, 0.15) is 0 Å². The van der Waals surface area contributed by atoms with E-state index in [2.05, 4.69) is 18.6 Å². The highest BCUT2D eigenvalue weighted by Gasteiger charge is 2.09. The van der Waals surface area contributed by atoms with Gasteiger partial charge in [-0.25, -0.2) is 13.1 Å². The summed E-state index contributed by atoms with van der Waals surface area (Å²) in [6.07, 6.45) is 0. The van der Waals surface area contributed by atoms with Crippen molar-refractivity contribution in [2.45, 2.75) is 25.6 Å². The van der Waals surface area contributed by atoms with Crippen molar-refractivity contribution in [2.24, 2.45) is 0 Å². The summed E-state index contributed by atoms with van der Waals surface area (Å²) in [7, 11) is -3.15. The van der Waals surface area contributed by atoms with Gasteiger partial charge in [0.25, 0.3) is 0 Å². The fraction of sp³-hybridized carbons (Fsp3) is 0.500. The van der Waals surface area contributed by atoms with Crippen LogP contribution in [0.25, 0.3) is 0 Å². The molecule has 17 heavy (non-hydrogen) atoms. The lowest BCUT2D eigenvalue weighted by atomic mass is 10.2. The molecule has 0 aliphatic carbocycles.